The summed E-state index contributed by atoms with van der Waals surface area (Å²) < 4.78 is 10.5. The highest BCUT2D eigenvalue weighted by molar-refractivity contribution is 5.60. The fourth-order valence-corrected chi connectivity index (χ4v) is 4.40. The Morgan fingerprint density at radius 1 is 0.906 bits per heavy atom. The topological polar surface area (TPSA) is 47.6 Å². The predicted octanol–water partition coefficient (Wildman–Crippen LogP) is 6.32. The lowest BCUT2D eigenvalue weighted by molar-refractivity contribution is 0.0318. The second-order valence-electron chi connectivity index (χ2n) is 10.9. The number of hydrogen-bond acceptors (Lipinski definition) is 4. The molecule has 3 rings (SSSR count). The molecule has 1 aliphatic heterocycles. The van der Waals surface area contributed by atoms with Gasteiger partial charge in [-0.25, -0.2) is 4.79 Å². The minimum absolute atomic E-state index is 0.118. The minimum Gasteiger partial charge on any atom is -0.435 e. The van der Waals surface area contributed by atoms with Gasteiger partial charge in [-0.3, -0.25) is 0 Å². The van der Waals surface area contributed by atoms with Gasteiger partial charge < -0.3 is 14.8 Å². The van der Waals surface area contributed by atoms with Crippen LogP contribution in [0.15, 0.2) is 48.5 Å². The van der Waals surface area contributed by atoms with Crippen molar-refractivity contribution in [2.45, 2.75) is 83.8 Å². The highest BCUT2D eigenvalue weighted by Crippen LogP contribution is 2.35. The van der Waals surface area contributed by atoms with Crippen molar-refractivity contribution in [3.05, 3.63) is 70.8 Å². The van der Waals surface area contributed by atoms with E-state index in [1.807, 2.05) is 0 Å². The number of benzene rings is 2. The molecule has 0 unspecified atom stereocenters. The van der Waals surface area contributed by atoms with Gasteiger partial charge in [0.1, 0.15) is 6.10 Å². The Morgan fingerprint density at radius 2 is 1.38 bits per heavy atom. The van der Waals surface area contributed by atoms with Crippen molar-refractivity contribution in [3.63, 3.8) is 0 Å². The number of hydrogen-bond donors (Lipinski definition) is 1. The Balaban J connectivity index is 1.89. The summed E-state index contributed by atoms with van der Waals surface area (Å²) in [6, 6.07) is 18.2. The molecular weight excluding hydrogens is 398 g/mol. The molecule has 0 spiro atoms. The van der Waals surface area contributed by atoms with Crippen LogP contribution in [-0.2, 0) is 20.3 Å². The van der Waals surface area contributed by atoms with Crippen LogP contribution in [0.2, 0.25) is 0 Å². The van der Waals surface area contributed by atoms with Gasteiger partial charge in [-0.05, 0) is 40.0 Å². The van der Waals surface area contributed by atoms with Crippen LogP contribution in [0.5, 0.6) is 0 Å². The van der Waals surface area contributed by atoms with Gasteiger partial charge in [-0.1, -0.05) is 90.1 Å². The van der Waals surface area contributed by atoms with E-state index in [2.05, 4.69) is 95.4 Å². The lowest BCUT2D eigenvalue weighted by Crippen LogP contribution is -2.30. The van der Waals surface area contributed by atoms with Gasteiger partial charge in [0.25, 0.3) is 0 Å². The Hall–Kier alpha value is -2.33. The van der Waals surface area contributed by atoms with Crippen molar-refractivity contribution >= 4 is 6.16 Å². The second-order valence-corrected chi connectivity index (χ2v) is 10.9. The molecule has 2 atom stereocenters. The Kier molecular flexibility index (Phi) is 7.34. The quantitative estimate of drug-likeness (QED) is 0.556. The number of nitrogens with one attached hydrogen (secondary N) is 1. The van der Waals surface area contributed by atoms with E-state index in [9.17, 15) is 4.79 Å². The maximum Gasteiger partial charge on any atom is 0.508 e. The maximum atomic E-state index is 11.8. The average molecular weight is 438 g/mol. The summed E-state index contributed by atoms with van der Waals surface area (Å²) in [5.74, 6) is 0.175. The van der Waals surface area contributed by atoms with Gasteiger partial charge in [0.2, 0.25) is 0 Å². The smallest absolute Gasteiger partial charge is 0.435 e. The van der Waals surface area contributed by atoms with Gasteiger partial charge in [0.15, 0.2) is 0 Å². The van der Waals surface area contributed by atoms with Crippen LogP contribution in [0.3, 0.4) is 0 Å². The fraction of sp³-hybridized carbons (Fsp3) is 0.536. The van der Waals surface area contributed by atoms with E-state index in [1.165, 1.54) is 22.3 Å². The molecule has 0 saturated carbocycles. The molecule has 0 bridgehead atoms. The summed E-state index contributed by atoms with van der Waals surface area (Å²) in [4.78, 5) is 11.8. The Labute approximate surface area is 193 Å². The number of rotatable bonds is 5. The first kappa shape index (κ1) is 24.3. The molecule has 1 saturated heterocycles. The molecule has 0 radical (unpaired) electrons. The number of carbonyl (C=O) groups is 1. The monoisotopic (exact) mass is 437 g/mol. The normalized spacial score (nSPS) is 19.2. The molecule has 2 aromatic rings. The third-order valence-corrected chi connectivity index (χ3v) is 6.32. The first-order valence-corrected chi connectivity index (χ1v) is 11.8. The third kappa shape index (κ3) is 5.92. The van der Waals surface area contributed by atoms with E-state index in [0.29, 0.717) is 13.2 Å². The molecule has 4 heteroatoms. The van der Waals surface area contributed by atoms with Crippen LogP contribution in [0.25, 0.3) is 0 Å². The van der Waals surface area contributed by atoms with E-state index in [4.69, 9.17) is 9.47 Å². The SMILES string of the molecule is CCOC(=O)O[C@H]1CN[C@@H](C(c2ccc(C(C)(C)C)cc2)c2ccc(C(C)(C)C)cc2)C1. The zero-order chi connectivity index (χ0) is 23.5. The zero-order valence-corrected chi connectivity index (χ0v) is 20.7. The lowest BCUT2D eigenvalue weighted by Gasteiger charge is -2.27. The standard InChI is InChI=1S/C28H39NO3/c1-8-31-26(30)32-23-17-24(29-18-23)25(19-9-13-21(14-10-19)27(2,3)4)20-11-15-22(16-12-20)28(5,6)7/h9-16,23-25,29H,8,17-18H2,1-7H3/t23-,24-/m1/s1. The molecule has 0 amide bonds. The molecule has 0 aromatic heterocycles. The van der Waals surface area contributed by atoms with Crippen LogP contribution < -0.4 is 5.32 Å². The number of ether oxygens (including phenoxy) is 2. The highest BCUT2D eigenvalue weighted by Gasteiger charge is 2.35. The molecule has 1 N–H and O–H groups in total. The van der Waals surface area contributed by atoms with Gasteiger partial charge >= 0.3 is 6.16 Å². The van der Waals surface area contributed by atoms with Gasteiger partial charge in [-0.2, -0.15) is 0 Å². The van der Waals surface area contributed by atoms with Crippen LogP contribution in [0.1, 0.15) is 83.1 Å². The Morgan fingerprint density at radius 3 is 1.78 bits per heavy atom. The van der Waals surface area contributed by atoms with Crippen molar-refractivity contribution in [1.29, 1.82) is 0 Å². The molecular formula is C28H39NO3. The number of carbonyl (C=O) groups excluding carboxylic acids is 1. The predicted molar refractivity (Wildman–Crippen MR) is 130 cm³/mol. The molecule has 4 nitrogen and oxygen atoms in total. The zero-order valence-electron chi connectivity index (χ0n) is 20.7. The second kappa shape index (κ2) is 9.66. The Bertz CT molecular complexity index is 831. The molecule has 32 heavy (non-hydrogen) atoms. The summed E-state index contributed by atoms with van der Waals surface area (Å²) in [7, 11) is 0. The van der Waals surface area contributed by atoms with Crippen molar-refractivity contribution in [2.75, 3.05) is 13.2 Å². The highest BCUT2D eigenvalue weighted by atomic mass is 16.7. The van der Waals surface area contributed by atoms with Crippen molar-refractivity contribution in [1.82, 2.24) is 5.32 Å². The largest absolute Gasteiger partial charge is 0.508 e. The molecule has 174 valence electrons. The van der Waals surface area contributed by atoms with Crippen molar-refractivity contribution in [2.24, 2.45) is 0 Å². The lowest BCUT2D eigenvalue weighted by atomic mass is 9.80. The van der Waals surface area contributed by atoms with Gasteiger partial charge in [-0.15, -0.1) is 0 Å². The summed E-state index contributed by atoms with van der Waals surface area (Å²) in [6.45, 7) is 16.2. The molecule has 2 aromatic carbocycles. The van der Waals surface area contributed by atoms with Crippen LogP contribution in [0.4, 0.5) is 4.79 Å². The summed E-state index contributed by atoms with van der Waals surface area (Å²) in [5, 5.41) is 3.61. The summed E-state index contributed by atoms with van der Waals surface area (Å²) in [6.07, 6.45) is -0.00396. The fourth-order valence-electron chi connectivity index (χ4n) is 4.40. The third-order valence-electron chi connectivity index (χ3n) is 6.32. The first-order valence-electron chi connectivity index (χ1n) is 11.8. The average Bonchev–Trinajstić information content (AvgIpc) is 3.15. The van der Waals surface area contributed by atoms with Crippen molar-refractivity contribution < 1.29 is 14.3 Å². The van der Waals surface area contributed by atoms with E-state index < -0.39 is 6.16 Å². The maximum absolute atomic E-state index is 11.8. The van der Waals surface area contributed by atoms with Gasteiger partial charge in [0, 0.05) is 24.9 Å². The van der Waals surface area contributed by atoms with E-state index in [1.54, 1.807) is 6.92 Å². The van der Waals surface area contributed by atoms with Crippen LogP contribution in [0, 0.1) is 0 Å². The van der Waals surface area contributed by atoms with Crippen molar-refractivity contribution in [3.8, 4) is 0 Å². The molecule has 0 aliphatic carbocycles. The first-order chi connectivity index (χ1) is 15.0. The van der Waals surface area contributed by atoms with Crippen LogP contribution >= 0.6 is 0 Å². The molecule has 1 aliphatic rings. The van der Waals surface area contributed by atoms with Gasteiger partial charge in [0.05, 0.1) is 6.61 Å². The van der Waals surface area contributed by atoms with Crippen LogP contribution in [-0.4, -0.2) is 31.5 Å². The minimum atomic E-state index is -0.583. The summed E-state index contributed by atoms with van der Waals surface area (Å²) >= 11 is 0. The van der Waals surface area contributed by atoms with E-state index >= 15 is 0 Å². The summed E-state index contributed by atoms with van der Waals surface area (Å²) in [5.41, 5.74) is 5.43. The van der Waals surface area contributed by atoms with E-state index in [-0.39, 0.29) is 28.9 Å². The molecule has 1 heterocycles. The van der Waals surface area contributed by atoms with E-state index in [0.717, 1.165) is 6.42 Å². The molecule has 1 fully saturated rings.